The lowest BCUT2D eigenvalue weighted by Crippen LogP contribution is -2.10. The lowest BCUT2D eigenvalue weighted by atomic mass is 10.2. The van der Waals surface area contributed by atoms with Crippen molar-refractivity contribution < 1.29 is 17.6 Å². The lowest BCUT2D eigenvalue weighted by molar-refractivity contribution is -0.139. The molecule has 0 saturated carbocycles. The molecule has 2 N–H and O–H groups in total. The van der Waals surface area contributed by atoms with Gasteiger partial charge in [-0.3, -0.25) is 0 Å². The molecule has 0 spiro atoms. The predicted octanol–water partition coefficient (Wildman–Crippen LogP) is 7.37. The summed E-state index contributed by atoms with van der Waals surface area (Å²) in [7, 11) is 0. The number of nitrogens with one attached hydrogen (secondary N) is 2. The molecule has 0 aliphatic carbocycles. The van der Waals surface area contributed by atoms with Crippen LogP contribution in [0, 0.1) is 5.82 Å². The second kappa shape index (κ2) is 11.4. The summed E-state index contributed by atoms with van der Waals surface area (Å²) in [6, 6.07) is 12.8. The summed E-state index contributed by atoms with van der Waals surface area (Å²) >= 11 is 11.7. The zero-order valence-electron chi connectivity index (χ0n) is 18.6. The van der Waals surface area contributed by atoms with Crippen molar-refractivity contribution in [1.29, 1.82) is 0 Å². The number of alkyl halides is 3. The van der Waals surface area contributed by atoms with E-state index in [1.165, 1.54) is 0 Å². The van der Waals surface area contributed by atoms with Crippen molar-refractivity contribution in [3.8, 4) is 0 Å². The molecule has 4 aromatic rings. The quantitative estimate of drug-likeness (QED) is 0.135. The summed E-state index contributed by atoms with van der Waals surface area (Å²) in [4.78, 5) is 16.4. The van der Waals surface area contributed by atoms with Crippen molar-refractivity contribution in [2.75, 3.05) is 10.6 Å². The molecule has 37 heavy (non-hydrogen) atoms. The lowest BCUT2D eigenvalue weighted by Gasteiger charge is -2.12. The van der Waals surface area contributed by atoms with Gasteiger partial charge in [-0.25, -0.2) is 9.37 Å². The van der Waals surface area contributed by atoms with Crippen LogP contribution in [0.1, 0.15) is 16.7 Å². The number of azo groups is 1. The highest BCUT2D eigenvalue weighted by molar-refractivity contribution is 6.30. The Hall–Kier alpha value is -3.90. The molecule has 0 unspecified atom stereocenters. The molecule has 0 aliphatic heterocycles. The van der Waals surface area contributed by atoms with E-state index < -0.39 is 17.6 Å². The maximum atomic E-state index is 13.7. The highest BCUT2D eigenvalue weighted by Gasteiger charge is 2.34. The molecular weight excluding hydrogens is 535 g/mol. The molecule has 0 amide bonds. The number of rotatable bonds is 8. The molecule has 14 heteroatoms. The SMILES string of the molecule is Fc1ccc(Nc2nc(N=NCc3ccc(Cl)cc3)nc(NCc3ccc(Cl)nc3)n2)cc1C(F)(F)F. The fourth-order valence-corrected chi connectivity index (χ4v) is 3.19. The second-order valence-electron chi connectivity index (χ2n) is 7.47. The van der Waals surface area contributed by atoms with Gasteiger partial charge in [0, 0.05) is 23.5 Å². The van der Waals surface area contributed by atoms with Crippen molar-refractivity contribution in [3.63, 3.8) is 0 Å². The Balaban J connectivity index is 1.58. The van der Waals surface area contributed by atoms with E-state index in [1.54, 1.807) is 42.6 Å². The van der Waals surface area contributed by atoms with Gasteiger partial charge in [0.05, 0.1) is 12.1 Å². The molecule has 4 rings (SSSR count). The Morgan fingerprint density at radius 3 is 2.30 bits per heavy atom. The molecular formula is C23H16Cl2F4N8. The molecule has 8 nitrogen and oxygen atoms in total. The van der Waals surface area contributed by atoms with Crippen LogP contribution in [-0.2, 0) is 19.3 Å². The van der Waals surface area contributed by atoms with Gasteiger partial charge in [0.25, 0.3) is 5.95 Å². The minimum absolute atomic E-state index is 0.0612. The molecule has 0 bridgehead atoms. The average molecular weight is 551 g/mol. The smallest absolute Gasteiger partial charge is 0.350 e. The zero-order chi connectivity index (χ0) is 26.4. The van der Waals surface area contributed by atoms with Crippen LogP contribution >= 0.6 is 23.2 Å². The highest BCUT2D eigenvalue weighted by Crippen LogP contribution is 2.33. The Morgan fingerprint density at radius 1 is 0.865 bits per heavy atom. The van der Waals surface area contributed by atoms with Crippen molar-refractivity contribution in [2.45, 2.75) is 19.3 Å². The second-order valence-corrected chi connectivity index (χ2v) is 8.29. The molecule has 2 aromatic heterocycles. The van der Waals surface area contributed by atoms with Gasteiger partial charge in [0.15, 0.2) is 0 Å². The Morgan fingerprint density at radius 2 is 1.59 bits per heavy atom. The van der Waals surface area contributed by atoms with E-state index in [4.69, 9.17) is 23.2 Å². The maximum absolute atomic E-state index is 13.7. The molecule has 0 atom stereocenters. The van der Waals surface area contributed by atoms with Gasteiger partial charge in [0.1, 0.15) is 11.0 Å². The van der Waals surface area contributed by atoms with Gasteiger partial charge in [0.2, 0.25) is 11.9 Å². The van der Waals surface area contributed by atoms with Crippen LogP contribution in [0.3, 0.4) is 0 Å². The predicted molar refractivity (Wildman–Crippen MR) is 131 cm³/mol. The van der Waals surface area contributed by atoms with Crippen LogP contribution in [0.15, 0.2) is 71.0 Å². The summed E-state index contributed by atoms with van der Waals surface area (Å²) in [6.45, 7) is 0.460. The number of nitrogens with zero attached hydrogens (tertiary/aromatic N) is 6. The Labute approximate surface area is 217 Å². The largest absolute Gasteiger partial charge is 0.419 e. The third-order valence-corrected chi connectivity index (χ3v) is 5.19. The molecule has 0 fully saturated rings. The number of hydrogen-bond acceptors (Lipinski definition) is 8. The van der Waals surface area contributed by atoms with E-state index in [0.717, 1.165) is 17.2 Å². The fourth-order valence-electron chi connectivity index (χ4n) is 2.96. The third-order valence-electron chi connectivity index (χ3n) is 4.72. The van der Waals surface area contributed by atoms with Crippen molar-refractivity contribution in [2.24, 2.45) is 10.2 Å². The first-order chi connectivity index (χ1) is 17.7. The first-order valence-corrected chi connectivity index (χ1v) is 11.3. The van der Waals surface area contributed by atoms with Crippen LogP contribution < -0.4 is 10.6 Å². The highest BCUT2D eigenvalue weighted by atomic mass is 35.5. The van der Waals surface area contributed by atoms with E-state index in [1.807, 2.05) is 0 Å². The summed E-state index contributed by atoms with van der Waals surface area (Å²) < 4.78 is 53.0. The molecule has 0 radical (unpaired) electrons. The number of pyridine rings is 1. The van der Waals surface area contributed by atoms with Gasteiger partial charge in [-0.2, -0.15) is 33.2 Å². The summed E-state index contributed by atoms with van der Waals surface area (Å²) in [5, 5.41) is 14.6. The fraction of sp³-hybridized carbons (Fsp3) is 0.130. The maximum Gasteiger partial charge on any atom is 0.419 e. The van der Waals surface area contributed by atoms with Crippen LogP contribution in [-0.4, -0.2) is 19.9 Å². The molecule has 0 aliphatic rings. The van der Waals surface area contributed by atoms with E-state index in [0.29, 0.717) is 22.3 Å². The zero-order valence-corrected chi connectivity index (χ0v) is 20.2. The first kappa shape index (κ1) is 26.2. The van der Waals surface area contributed by atoms with Gasteiger partial charge < -0.3 is 10.6 Å². The van der Waals surface area contributed by atoms with Crippen molar-refractivity contribution >= 4 is 46.7 Å². The molecule has 2 heterocycles. The van der Waals surface area contributed by atoms with E-state index in [-0.39, 0.29) is 36.6 Å². The van der Waals surface area contributed by atoms with Gasteiger partial charge in [-0.05, 0) is 47.5 Å². The summed E-state index contributed by atoms with van der Waals surface area (Å²) in [5.41, 5.74) is 0.0820. The molecule has 0 saturated heterocycles. The van der Waals surface area contributed by atoms with Crippen LogP contribution in [0.4, 0.5) is 41.1 Å². The third kappa shape index (κ3) is 7.54. The topological polar surface area (TPSA) is 100 Å². The number of anilines is 3. The number of halogens is 6. The Kier molecular flexibility index (Phi) is 8.09. The van der Waals surface area contributed by atoms with Gasteiger partial charge in [-0.1, -0.05) is 41.4 Å². The minimum Gasteiger partial charge on any atom is -0.350 e. The monoisotopic (exact) mass is 550 g/mol. The van der Waals surface area contributed by atoms with Gasteiger partial charge >= 0.3 is 6.18 Å². The van der Waals surface area contributed by atoms with Crippen molar-refractivity contribution in [1.82, 2.24) is 19.9 Å². The van der Waals surface area contributed by atoms with Crippen molar-refractivity contribution in [3.05, 3.63) is 93.5 Å². The number of aromatic nitrogens is 4. The molecule has 190 valence electrons. The Bertz CT molecular complexity index is 1400. The van der Waals surface area contributed by atoms with E-state index >= 15 is 0 Å². The number of benzene rings is 2. The normalized spacial score (nSPS) is 11.6. The van der Waals surface area contributed by atoms with Crippen LogP contribution in [0.2, 0.25) is 10.2 Å². The number of hydrogen-bond donors (Lipinski definition) is 2. The summed E-state index contributed by atoms with van der Waals surface area (Å²) in [6.07, 6.45) is -3.32. The van der Waals surface area contributed by atoms with Gasteiger partial charge in [-0.15, -0.1) is 5.11 Å². The van der Waals surface area contributed by atoms with E-state index in [9.17, 15) is 17.6 Å². The van der Waals surface area contributed by atoms with E-state index in [2.05, 4.69) is 40.8 Å². The molecule has 2 aromatic carbocycles. The average Bonchev–Trinajstić information content (AvgIpc) is 2.85. The standard InChI is InChI=1S/C23H16Cl2F4N8/c24-15-4-1-13(2-5-15)12-32-37-22-35-20(31-11-14-3-8-19(25)30-10-14)34-21(36-22)33-16-6-7-18(26)17(9-16)23(27,28)29/h1-10H,11-12H2,(H2,31,33,34,35,36). The first-order valence-electron chi connectivity index (χ1n) is 10.5. The van der Waals surface area contributed by atoms with Crippen LogP contribution in [0.25, 0.3) is 0 Å². The summed E-state index contributed by atoms with van der Waals surface area (Å²) in [5.74, 6) is -1.58. The minimum atomic E-state index is -4.87. The van der Waals surface area contributed by atoms with Crippen LogP contribution in [0.5, 0.6) is 0 Å².